The maximum absolute atomic E-state index is 13.4. The number of hydrogen-bond acceptors (Lipinski definition) is 8. The van der Waals surface area contributed by atoms with Crippen LogP contribution in [0.4, 0.5) is 0 Å². The van der Waals surface area contributed by atoms with Gasteiger partial charge in [-0.2, -0.15) is 0 Å². The number of aromatic nitrogens is 2. The van der Waals surface area contributed by atoms with Crippen molar-refractivity contribution in [3.63, 3.8) is 0 Å². The van der Waals surface area contributed by atoms with E-state index >= 15 is 0 Å². The Kier molecular flexibility index (Phi) is 8.06. The maximum atomic E-state index is 13.4. The van der Waals surface area contributed by atoms with Gasteiger partial charge < -0.3 is 18.8 Å². The standard InChI is InChI=1S/C36H31BN2O6/c1-35(2)36(3,4)45-37(44-35)28-22-26(33(40)42-29-15-11-24(12-16-29)31-9-5-7-19-38-31)21-27(23-28)34(41)43-30-17-13-25(14-18-30)32-10-6-8-20-39-32/h5-23H,1-4H3. The van der Waals surface area contributed by atoms with Crippen LogP contribution in [0.15, 0.2) is 116 Å². The van der Waals surface area contributed by atoms with Crippen molar-refractivity contribution in [2.24, 2.45) is 0 Å². The first kappa shape index (κ1) is 29.9. The number of ether oxygens (including phenoxy) is 2. The van der Waals surface area contributed by atoms with Crippen LogP contribution >= 0.6 is 0 Å². The van der Waals surface area contributed by atoms with E-state index in [1.807, 2.05) is 88.4 Å². The van der Waals surface area contributed by atoms with Crippen LogP contribution in [0.3, 0.4) is 0 Å². The largest absolute Gasteiger partial charge is 0.494 e. The zero-order valence-electron chi connectivity index (χ0n) is 25.4. The molecule has 5 aromatic rings. The van der Waals surface area contributed by atoms with E-state index in [1.54, 1.807) is 48.8 Å². The Balaban J connectivity index is 1.26. The zero-order chi connectivity index (χ0) is 31.6. The van der Waals surface area contributed by atoms with Crippen molar-refractivity contribution in [2.75, 3.05) is 0 Å². The first-order valence-corrected chi connectivity index (χ1v) is 14.6. The number of pyridine rings is 2. The molecule has 1 fully saturated rings. The van der Waals surface area contributed by atoms with Gasteiger partial charge in [0.05, 0.1) is 33.7 Å². The van der Waals surface area contributed by atoms with E-state index in [4.69, 9.17) is 18.8 Å². The summed E-state index contributed by atoms with van der Waals surface area (Å²) in [7, 11) is -0.815. The summed E-state index contributed by atoms with van der Waals surface area (Å²) >= 11 is 0. The van der Waals surface area contributed by atoms with Crippen LogP contribution in [-0.2, 0) is 9.31 Å². The molecular formula is C36H31BN2O6. The smallest absolute Gasteiger partial charge is 0.423 e. The number of esters is 2. The molecule has 3 heterocycles. The Labute approximate surface area is 262 Å². The number of hydrogen-bond donors (Lipinski definition) is 0. The Morgan fingerprint density at radius 2 is 1.02 bits per heavy atom. The van der Waals surface area contributed by atoms with Crippen molar-refractivity contribution in [1.82, 2.24) is 9.97 Å². The van der Waals surface area contributed by atoms with E-state index in [-0.39, 0.29) is 11.1 Å². The molecule has 0 bridgehead atoms. The van der Waals surface area contributed by atoms with Crippen LogP contribution in [0, 0.1) is 0 Å². The van der Waals surface area contributed by atoms with Gasteiger partial charge in [-0.05, 0) is 124 Å². The first-order chi connectivity index (χ1) is 21.6. The van der Waals surface area contributed by atoms with Crippen LogP contribution in [0.5, 0.6) is 11.5 Å². The van der Waals surface area contributed by atoms with Crippen LogP contribution in [0.2, 0.25) is 0 Å². The van der Waals surface area contributed by atoms with Crippen molar-refractivity contribution < 1.29 is 28.4 Å². The number of carbonyl (C=O) groups is 2. The molecule has 2 aromatic heterocycles. The second-order valence-electron chi connectivity index (χ2n) is 11.7. The van der Waals surface area contributed by atoms with Gasteiger partial charge in [0.15, 0.2) is 0 Å². The summed E-state index contributed by atoms with van der Waals surface area (Å²) < 4.78 is 23.9. The summed E-state index contributed by atoms with van der Waals surface area (Å²) in [4.78, 5) is 35.5. The summed E-state index contributed by atoms with van der Waals surface area (Å²) in [6, 6.07) is 30.1. The third-order valence-corrected chi connectivity index (χ3v) is 8.00. The van der Waals surface area contributed by atoms with E-state index in [1.165, 1.54) is 6.07 Å². The van der Waals surface area contributed by atoms with Crippen LogP contribution in [0.25, 0.3) is 22.5 Å². The van der Waals surface area contributed by atoms with E-state index in [0.29, 0.717) is 17.0 Å². The van der Waals surface area contributed by atoms with E-state index < -0.39 is 30.3 Å². The molecule has 0 saturated carbocycles. The lowest BCUT2D eigenvalue weighted by Gasteiger charge is -2.32. The fraction of sp³-hybridized carbons (Fsp3) is 0.167. The molecule has 3 aromatic carbocycles. The molecule has 45 heavy (non-hydrogen) atoms. The fourth-order valence-corrected chi connectivity index (χ4v) is 4.79. The molecule has 224 valence electrons. The van der Waals surface area contributed by atoms with Crippen molar-refractivity contribution >= 4 is 24.5 Å². The topological polar surface area (TPSA) is 96.8 Å². The molecule has 8 nitrogen and oxygen atoms in total. The van der Waals surface area contributed by atoms with Crippen LogP contribution < -0.4 is 14.9 Å². The number of nitrogens with zero attached hydrogens (tertiary/aromatic N) is 2. The predicted octanol–water partition coefficient (Wildman–Crippen LogP) is 6.55. The molecule has 1 aliphatic rings. The number of carbonyl (C=O) groups excluding carboxylic acids is 2. The monoisotopic (exact) mass is 598 g/mol. The molecule has 0 spiro atoms. The Hall–Kier alpha value is -5.12. The molecule has 0 unspecified atom stereocenters. The lowest BCUT2D eigenvalue weighted by molar-refractivity contribution is 0.00578. The quantitative estimate of drug-likeness (QED) is 0.118. The number of benzene rings is 3. The molecule has 0 N–H and O–H groups in total. The van der Waals surface area contributed by atoms with Gasteiger partial charge in [-0.1, -0.05) is 12.1 Å². The van der Waals surface area contributed by atoms with E-state index in [9.17, 15) is 9.59 Å². The van der Waals surface area contributed by atoms with Gasteiger partial charge >= 0.3 is 19.1 Å². The summed E-state index contributed by atoms with van der Waals surface area (Å²) in [5, 5.41) is 0. The van der Waals surface area contributed by atoms with Gasteiger partial charge in [0, 0.05) is 23.5 Å². The van der Waals surface area contributed by atoms with Gasteiger partial charge in [-0.3, -0.25) is 9.97 Å². The molecule has 1 saturated heterocycles. The summed E-state index contributed by atoms with van der Waals surface area (Å²) in [5.74, 6) is -0.601. The molecule has 0 atom stereocenters. The van der Waals surface area contributed by atoms with Crippen LogP contribution in [-0.4, -0.2) is 40.2 Å². The lowest BCUT2D eigenvalue weighted by atomic mass is 9.77. The van der Waals surface area contributed by atoms with Crippen molar-refractivity contribution in [3.05, 3.63) is 127 Å². The average Bonchev–Trinajstić information content (AvgIpc) is 3.28. The molecule has 1 aliphatic heterocycles. The zero-order valence-corrected chi connectivity index (χ0v) is 25.4. The normalized spacial score (nSPS) is 15.0. The Bertz CT molecular complexity index is 1700. The second-order valence-corrected chi connectivity index (χ2v) is 11.7. The molecule has 0 radical (unpaired) electrons. The van der Waals surface area contributed by atoms with Crippen molar-refractivity contribution in [3.8, 4) is 34.0 Å². The molecule has 9 heteroatoms. The SMILES string of the molecule is CC1(C)OB(c2cc(C(=O)Oc3ccc(-c4ccccn4)cc3)cc(C(=O)Oc3ccc(-c4ccccn4)cc3)c2)OC1(C)C. The highest BCUT2D eigenvalue weighted by atomic mass is 16.7. The van der Waals surface area contributed by atoms with E-state index in [0.717, 1.165) is 22.5 Å². The third-order valence-electron chi connectivity index (χ3n) is 8.00. The molecule has 6 rings (SSSR count). The highest BCUT2D eigenvalue weighted by Gasteiger charge is 2.52. The minimum atomic E-state index is -0.815. The maximum Gasteiger partial charge on any atom is 0.494 e. The van der Waals surface area contributed by atoms with Gasteiger partial charge in [0.2, 0.25) is 0 Å². The highest BCUT2D eigenvalue weighted by Crippen LogP contribution is 2.36. The Morgan fingerprint density at radius 1 is 0.600 bits per heavy atom. The van der Waals surface area contributed by atoms with Gasteiger partial charge in [-0.25, -0.2) is 9.59 Å². The third kappa shape index (κ3) is 6.55. The van der Waals surface area contributed by atoms with Gasteiger partial charge in [0.1, 0.15) is 11.5 Å². The second kappa shape index (κ2) is 12.1. The number of rotatable bonds is 7. The van der Waals surface area contributed by atoms with Gasteiger partial charge in [-0.15, -0.1) is 0 Å². The highest BCUT2D eigenvalue weighted by molar-refractivity contribution is 6.62. The molecule has 0 aliphatic carbocycles. The minimum absolute atomic E-state index is 0.147. The van der Waals surface area contributed by atoms with Crippen molar-refractivity contribution in [1.29, 1.82) is 0 Å². The molecular weight excluding hydrogens is 567 g/mol. The summed E-state index contributed by atoms with van der Waals surface area (Å²) in [5.41, 5.74) is 2.92. The van der Waals surface area contributed by atoms with Crippen LogP contribution in [0.1, 0.15) is 48.4 Å². The lowest BCUT2D eigenvalue weighted by Crippen LogP contribution is -2.41. The van der Waals surface area contributed by atoms with Crippen molar-refractivity contribution in [2.45, 2.75) is 38.9 Å². The summed E-state index contributed by atoms with van der Waals surface area (Å²) in [6.07, 6.45) is 3.44. The summed E-state index contributed by atoms with van der Waals surface area (Å²) in [6.45, 7) is 7.74. The Morgan fingerprint density at radius 3 is 1.40 bits per heavy atom. The van der Waals surface area contributed by atoms with Gasteiger partial charge in [0.25, 0.3) is 0 Å². The fourth-order valence-electron chi connectivity index (χ4n) is 4.79. The van der Waals surface area contributed by atoms with E-state index in [2.05, 4.69) is 9.97 Å². The molecule has 0 amide bonds. The predicted molar refractivity (Wildman–Crippen MR) is 171 cm³/mol. The minimum Gasteiger partial charge on any atom is -0.423 e. The average molecular weight is 598 g/mol. The first-order valence-electron chi connectivity index (χ1n) is 14.6.